The van der Waals surface area contributed by atoms with E-state index in [1.54, 1.807) is 6.21 Å². The van der Waals surface area contributed by atoms with Crippen LogP contribution in [0.2, 0.25) is 0 Å². The van der Waals surface area contributed by atoms with E-state index in [0.29, 0.717) is 0 Å². The molecular formula is C9H7NO. The van der Waals surface area contributed by atoms with Crippen molar-refractivity contribution in [3.63, 3.8) is 0 Å². The summed E-state index contributed by atoms with van der Waals surface area (Å²) < 4.78 is 0. The van der Waals surface area contributed by atoms with Crippen LogP contribution in [0.3, 0.4) is 0 Å². The molecule has 54 valence electrons. The number of oxime groups is 1. The Bertz CT molecular complexity index is 306. The first-order valence-electron chi connectivity index (χ1n) is 3.43. The highest BCUT2D eigenvalue weighted by molar-refractivity contribution is 5.75. The lowest BCUT2D eigenvalue weighted by molar-refractivity contribution is 0.237. The quantitative estimate of drug-likeness (QED) is 0.510. The Morgan fingerprint density at radius 3 is 3.09 bits per heavy atom. The summed E-state index contributed by atoms with van der Waals surface area (Å²) in [4.78, 5) is 5.02. The van der Waals surface area contributed by atoms with Crippen molar-refractivity contribution in [1.82, 2.24) is 0 Å². The molecule has 0 spiro atoms. The maximum atomic E-state index is 5.02. The van der Waals surface area contributed by atoms with Gasteiger partial charge in [0.15, 0.2) is 5.76 Å². The van der Waals surface area contributed by atoms with Crippen molar-refractivity contribution in [3.8, 4) is 0 Å². The number of nitrogens with zero attached hydrogens (tertiary/aromatic N) is 1. The maximum Gasteiger partial charge on any atom is 0.165 e. The van der Waals surface area contributed by atoms with Crippen LogP contribution in [0.25, 0.3) is 0 Å². The first kappa shape index (κ1) is 6.16. The van der Waals surface area contributed by atoms with E-state index in [1.165, 1.54) is 0 Å². The van der Waals surface area contributed by atoms with Gasteiger partial charge in [0.1, 0.15) is 0 Å². The molecule has 2 nitrogen and oxygen atoms in total. The van der Waals surface area contributed by atoms with Gasteiger partial charge in [0.2, 0.25) is 0 Å². The molecule has 0 amide bonds. The van der Waals surface area contributed by atoms with Gasteiger partial charge in [-0.2, -0.15) is 0 Å². The van der Waals surface area contributed by atoms with Crippen molar-refractivity contribution in [2.24, 2.45) is 5.16 Å². The van der Waals surface area contributed by atoms with Gasteiger partial charge in [-0.1, -0.05) is 29.5 Å². The van der Waals surface area contributed by atoms with Crippen molar-refractivity contribution < 1.29 is 4.84 Å². The van der Waals surface area contributed by atoms with Crippen LogP contribution >= 0.6 is 0 Å². The van der Waals surface area contributed by atoms with E-state index in [1.807, 2.05) is 36.5 Å². The summed E-state index contributed by atoms with van der Waals surface area (Å²) in [6.45, 7) is 0. The van der Waals surface area contributed by atoms with Crippen LogP contribution in [0.4, 0.5) is 0 Å². The molecule has 0 aromatic rings. The van der Waals surface area contributed by atoms with E-state index in [4.69, 9.17) is 4.84 Å². The third kappa shape index (κ3) is 1.15. The van der Waals surface area contributed by atoms with E-state index >= 15 is 0 Å². The van der Waals surface area contributed by atoms with Gasteiger partial charge in [-0.15, -0.1) is 0 Å². The standard InChI is InChI=1S/C9H7NO/c1-2-4-8-6-7-10-11-9(8)5-3-1/h1-7H. The van der Waals surface area contributed by atoms with Crippen molar-refractivity contribution in [2.45, 2.75) is 0 Å². The average Bonchev–Trinajstić information content (AvgIpc) is 2.28. The lowest BCUT2D eigenvalue weighted by Crippen LogP contribution is -1.94. The second kappa shape index (κ2) is 2.58. The van der Waals surface area contributed by atoms with E-state index in [2.05, 4.69) is 5.16 Å². The molecule has 0 fully saturated rings. The van der Waals surface area contributed by atoms with Gasteiger partial charge < -0.3 is 4.84 Å². The van der Waals surface area contributed by atoms with Gasteiger partial charge in [0.25, 0.3) is 0 Å². The molecule has 0 bridgehead atoms. The molecular weight excluding hydrogens is 138 g/mol. The fourth-order valence-corrected chi connectivity index (χ4v) is 0.963. The topological polar surface area (TPSA) is 21.6 Å². The Kier molecular flexibility index (Phi) is 1.44. The van der Waals surface area contributed by atoms with Crippen molar-refractivity contribution in [2.75, 3.05) is 0 Å². The molecule has 2 aliphatic rings. The van der Waals surface area contributed by atoms with E-state index in [9.17, 15) is 0 Å². The van der Waals surface area contributed by atoms with E-state index < -0.39 is 0 Å². The number of fused-ring (bicyclic) bond motifs is 1. The van der Waals surface area contributed by atoms with Crippen LogP contribution in [0, 0.1) is 0 Å². The molecule has 1 aliphatic carbocycles. The molecule has 2 rings (SSSR count). The number of rotatable bonds is 0. The van der Waals surface area contributed by atoms with Gasteiger partial charge in [-0.05, 0) is 12.2 Å². The molecule has 0 saturated heterocycles. The van der Waals surface area contributed by atoms with Crippen LogP contribution in [-0.4, -0.2) is 6.21 Å². The number of hydrogen-bond donors (Lipinski definition) is 0. The summed E-state index contributed by atoms with van der Waals surface area (Å²) >= 11 is 0. The first-order valence-corrected chi connectivity index (χ1v) is 3.43. The molecule has 0 atom stereocenters. The lowest BCUT2D eigenvalue weighted by Gasteiger charge is -2.06. The van der Waals surface area contributed by atoms with Gasteiger partial charge in [-0.25, -0.2) is 0 Å². The Hall–Kier alpha value is -1.57. The predicted octanol–water partition coefficient (Wildman–Crippen LogP) is 1.94. The Morgan fingerprint density at radius 1 is 1.09 bits per heavy atom. The minimum atomic E-state index is 0.803. The highest BCUT2D eigenvalue weighted by atomic mass is 16.6. The average molecular weight is 145 g/mol. The van der Waals surface area contributed by atoms with E-state index in [-0.39, 0.29) is 0 Å². The predicted molar refractivity (Wildman–Crippen MR) is 44.0 cm³/mol. The van der Waals surface area contributed by atoms with Crippen molar-refractivity contribution >= 4 is 6.21 Å². The van der Waals surface area contributed by atoms with Crippen molar-refractivity contribution in [1.29, 1.82) is 0 Å². The fourth-order valence-electron chi connectivity index (χ4n) is 0.963. The largest absolute Gasteiger partial charge is 0.356 e. The Balaban J connectivity index is 2.44. The summed E-state index contributed by atoms with van der Waals surface area (Å²) in [5.41, 5.74) is 1.06. The van der Waals surface area contributed by atoms with Gasteiger partial charge in [0.05, 0.1) is 6.21 Å². The molecule has 1 heterocycles. The maximum absolute atomic E-state index is 5.02. The molecule has 0 aromatic heterocycles. The molecule has 0 unspecified atom stereocenters. The van der Waals surface area contributed by atoms with Crippen LogP contribution in [-0.2, 0) is 4.84 Å². The molecule has 1 aliphatic heterocycles. The van der Waals surface area contributed by atoms with Crippen LogP contribution < -0.4 is 0 Å². The minimum Gasteiger partial charge on any atom is -0.356 e. The molecule has 2 heteroatoms. The van der Waals surface area contributed by atoms with Gasteiger partial charge >= 0.3 is 0 Å². The zero-order valence-electron chi connectivity index (χ0n) is 5.90. The monoisotopic (exact) mass is 145 g/mol. The SMILES string of the molecule is C1=CC=C2ON=CC=C2C=C1. The summed E-state index contributed by atoms with van der Waals surface area (Å²) in [6, 6.07) is 0. The van der Waals surface area contributed by atoms with Crippen molar-refractivity contribution in [3.05, 3.63) is 47.8 Å². The molecule has 0 aromatic carbocycles. The molecule has 0 radical (unpaired) electrons. The fraction of sp³-hybridized carbons (Fsp3) is 0. The third-order valence-corrected chi connectivity index (χ3v) is 1.50. The number of allylic oxidation sites excluding steroid dienone is 6. The van der Waals surface area contributed by atoms with Crippen LogP contribution in [0.5, 0.6) is 0 Å². The van der Waals surface area contributed by atoms with Crippen LogP contribution in [0.1, 0.15) is 0 Å². The minimum absolute atomic E-state index is 0.803. The second-order valence-corrected chi connectivity index (χ2v) is 2.24. The first-order chi connectivity index (χ1) is 5.47. The Morgan fingerprint density at radius 2 is 2.09 bits per heavy atom. The zero-order chi connectivity index (χ0) is 7.52. The summed E-state index contributed by atoms with van der Waals surface area (Å²) in [6.07, 6.45) is 13.3. The van der Waals surface area contributed by atoms with Gasteiger partial charge in [0, 0.05) is 5.57 Å². The third-order valence-electron chi connectivity index (χ3n) is 1.50. The molecule has 11 heavy (non-hydrogen) atoms. The normalized spacial score (nSPS) is 19.6. The smallest absolute Gasteiger partial charge is 0.165 e. The Labute approximate surface area is 64.9 Å². The molecule has 0 N–H and O–H groups in total. The summed E-state index contributed by atoms with van der Waals surface area (Å²) in [7, 11) is 0. The highest BCUT2D eigenvalue weighted by Crippen LogP contribution is 2.18. The summed E-state index contributed by atoms with van der Waals surface area (Å²) in [5.74, 6) is 0.803. The molecule has 0 saturated carbocycles. The van der Waals surface area contributed by atoms with E-state index in [0.717, 1.165) is 11.3 Å². The van der Waals surface area contributed by atoms with Gasteiger partial charge in [-0.3, -0.25) is 0 Å². The number of hydrogen-bond acceptors (Lipinski definition) is 2. The lowest BCUT2D eigenvalue weighted by atomic mass is 10.2. The van der Waals surface area contributed by atoms with Crippen LogP contribution in [0.15, 0.2) is 52.9 Å². The second-order valence-electron chi connectivity index (χ2n) is 2.24. The zero-order valence-corrected chi connectivity index (χ0v) is 5.90. The highest BCUT2D eigenvalue weighted by Gasteiger charge is 2.06. The summed E-state index contributed by atoms with van der Waals surface area (Å²) in [5, 5.41) is 3.67.